The molecule has 0 aliphatic heterocycles. The molecule has 3 nitrogen and oxygen atoms in total. The van der Waals surface area contributed by atoms with Gasteiger partial charge in [0.05, 0.1) is 27.4 Å². The minimum atomic E-state index is -0.659. The maximum atomic E-state index is 10.7. The number of rotatable bonds is 6. The molecule has 3 aromatic rings. The summed E-state index contributed by atoms with van der Waals surface area (Å²) >= 11 is 15.4. The van der Waals surface area contributed by atoms with Crippen LogP contribution >= 0.6 is 39.1 Å². The lowest BCUT2D eigenvalue weighted by atomic mass is 9.99. The Morgan fingerprint density at radius 3 is 2.59 bits per heavy atom. The Balaban J connectivity index is 1.68. The van der Waals surface area contributed by atoms with Crippen molar-refractivity contribution in [3.63, 3.8) is 0 Å². The van der Waals surface area contributed by atoms with Crippen LogP contribution in [0.4, 0.5) is 0 Å². The fourth-order valence-corrected chi connectivity index (χ4v) is 3.38. The summed E-state index contributed by atoms with van der Waals surface area (Å²) < 4.78 is 6.46. The van der Waals surface area contributed by atoms with Crippen LogP contribution in [0, 0.1) is 6.92 Å². The van der Waals surface area contributed by atoms with Gasteiger partial charge in [0.1, 0.15) is 0 Å². The van der Waals surface area contributed by atoms with Crippen molar-refractivity contribution in [1.29, 1.82) is 0 Å². The minimum absolute atomic E-state index is 0.526. The van der Waals surface area contributed by atoms with E-state index in [0.29, 0.717) is 34.3 Å². The summed E-state index contributed by atoms with van der Waals surface area (Å²) in [6.07, 6.45) is 4.57. The van der Waals surface area contributed by atoms with E-state index in [1.54, 1.807) is 6.07 Å². The smallest absolute Gasteiger partial charge is 0.172 e. The molecule has 3 rings (SSSR count). The molecule has 0 fully saturated rings. The molecule has 0 aliphatic rings. The van der Waals surface area contributed by atoms with Gasteiger partial charge in [-0.1, -0.05) is 74.6 Å². The standard InChI is InChI=1S/C21H18BrCl2NO2/c1-13-20(21(27-25-13)15-7-9-16(22)10-8-15)19(26)5-3-2-4-14-6-11-17(23)18(24)12-14/h2,4,6-12,19,26H,3,5H2,1H3. The summed E-state index contributed by atoms with van der Waals surface area (Å²) in [5.41, 5.74) is 3.30. The van der Waals surface area contributed by atoms with Gasteiger partial charge in [0.2, 0.25) is 0 Å². The Bertz CT molecular complexity index is 951. The van der Waals surface area contributed by atoms with Crippen molar-refractivity contribution in [2.75, 3.05) is 0 Å². The second kappa shape index (κ2) is 9.07. The van der Waals surface area contributed by atoms with E-state index in [0.717, 1.165) is 21.2 Å². The van der Waals surface area contributed by atoms with Gasteiger partial charge in [0.15, 0.2) is 5.76 Å². The lowest BCUT2D eigenvalue weighted by Gasteiger charge is -2.10. The molecule has 0 radical (unpaired) electrons. The molecular formula is C21H18BrCl2NO2. The molecule has 0 saturated heterocycles. The van der Waals surface area contributed by atoms with Gasteiger partial charge in [-0.3, -0.25) is 0 Å². The van der Waals surface area contributed by atoms with E-state index >= 15 is 0 Å². The van der Waals surface area contributed by atoms with Gasteiger partial charge in [-0.25, -0.2) is 0 Å². The number of hydrogen-bond acceptors (Lipinski definition) is 3. The topological polar surface area (TPSA) is 46.3 Å². The molecular weight excluding hydrogens is 449 g/mol. The highest BCUT2D eigenvalue weighted by atomic mass is 79.9. The molecule has 2 aromatic carbocycles. The maximum absolute atomic E-state index is 10.7. The van der Waals surface area contributed by atoms with Gasteiger partial charge in [0, 0.05) is 10.0 Å². The normalized spacial score (nSPS) is 12.6. The Kier molecular flexibility index (Phi) is 6.77. The van der Waals surface area contributed by atoms with Crippen LogP contribution in [0.15, 0.2) is 57.5 Å². The fraction of sp³-hybridized carbons (Fsp3) is 0.190. The molecule has 1 heterocycles. The maximum Gasteiger partial charge on any atom is 0.172 e. The third-order valence-corrected chi connectivity index (χ3v) is 5.48. The first-order valence-corrected chi connectivity index (χ1v) is 10.0. The Morgan fingerprint density at radius 1 is 1.15 bits per heavy atom. The molecule has 1 N–H and O–H groups in total. The lowest BCUT2D eigenvalue weighted by Crippen LogP contribution is -1.99. The quantitative estimate of drug-likeness (QED) is 0.416. The summed E-state index contributed by atoms with van der Waals surface area (Å²) in [4.78, 5) is 0. The van der Waals surface area contributed by atoms with Gasteiger partial charge in [-0.05, 0) is 49.6 Å². The molecule has 27 heavy (non-hydrogen) atoms. The Morgan fingerprint density at radius 2 is 1.89 bits per heavy atom. The highest BCUT2D eigenvalue weighted by molar-refractivity contribution is 9.10. The molecule has 1 atom stereocenters. The molecule has 1 aromatic heterocycles. The van der Waals surface area contributed by atoms with Crippen LogP contribution in [0.1, 0.15) is 35.8 Å². The predicted octanol–water partition coefficient (Wildman–Crippen LogP) is 7.25. The zero-order valence-electron chi connectivity index (χ0n) is 14.6. The van der Waals surface area contributed by atoms with Gasteiger partial charge in [-0.15, -0.1) is 0 Å². The number of halogens is 3. The summed E-state index contributed by atoms with van der Waals surface area (Å²) in [5.74, 6) is 0.612. The first-order chi connectivity index (χ1) is 13.0. The zero-order chi connectivity index (χ0) is 19.4. The molecule has 6 heteroatoms. The highest BCUT2D eigenvalue weighted by Gasteiger charge is 2.21. The zero-order valence-corrected chi connectivity index (χ0v) is 17.7. The van der Waals surface area contributed by atoms with E-state index in [9.17, 15) is 5.11 Å². The molecule has 0 saturated carbocycles. The van der Waals surface area contributed by atoms with Crippen molar-refractivity contribution in [1.82, 2.24) is 5.16 Å². The van der Waals surface area contributed by atoms with Crippen LogP contribution in [0.2, 0.25) is 10.0 Å². The molecule has 0 amide bonds. The summed E-state index contributed by atoms with van der Waals surface area (Å²) in [7, 11) is 0. The second-order valence-electron chi connectivity index (χ2n) is 6.19. The van der Waals surface area contributed by atoms with Crippen molar-refractivity contribution in [3.05, 3.63) is 79.9 Å². The number of benzene rings is 2. The Labute approximate surface area is 176 Å². The lowest BCUT2D eigenvalue weighted by molar-refractivity contribution is 0.168. The fourth-order valence-electron chi connectivity index (χ4n) is 2.81. The van der Waals surface area contributed by atoms with Gasteiger partial charge >= 0.3 is 0 Å². The number of aliphatic hydroxyl groups is 1. The van der Waals surface area contributed by atoms with E-state index < -0.39 is 6.10 Å². The average molecular weight is 467 g/mol. The number of aryl methyl sites for hydroxylation is 1. The van der Waals surface area contributed by atoms with E-state index in [1.165, 1.54) is 0 Å². The van der Waals surface area contributed by atoms with E-state index in [1.807, 2.05) is 55.5 Å². The second-order valence-corrected chi connectivity index (χ2v) is 7.92. The number of aliphatic hydroxyl groups excluding tert-OH is 1. The molecule has 1 unspecified atom stereocenters. The highest BCUT2D eigenvalue weighted by Crippen LogP contribution is 2.33. The van der Waals surface area contributed by atoms with Crippen LogP contribution in [0.3, 0.4) is 0 Å². The number of nitrogens with zero attached hydrogens (tertiary/aromatic N) is 1. The monoisotopic (exact) mass is 465 g/mol. The van der Waals surface area contributed by atoms with E-state index in [-0.39, 0.29) is 0 Å². The molecule has 0 aliphatic carbocycles. The van der Waals surface area contributed by atoms with Crippen LogP contribution in [0.5, 0.6) is 0 Å². The van der Waals surface area contributed by atoms with Crippen molar-refractivity contribution in [2.24, 2.45) is 0 Å². The third kappa shape index (κ3) is 5.02. The van der Waals surface area contributed by atoms with Crippen LogP contribution in [0.25, 0.3) is 17.4 Å². The average Bonchev–Trinajstić information content (AvgIpc) is 3.03. The molecule has 140 valence electrons. The SMILES string of the molecule is Cc1noc(-c2ccc(Br)cc2)c1C(O)CCC=Cc1ccc(Cl)c(Cl)c1. The van der Waals surface area contributed by atoms with Crippen LogP contribution < -0.4 is 0 Å². The van der Waals surface area contributed by atoms with Gasteiger partial charge < -0.3 is 9.63 Å². The van der Waals surface area contributed by atoms with Crippen molar-refractivity contribution >= 4 is 45.2 Å². The van der Waals surface area contributed by atoms with E-state index in [4.69, 9.17) is 27.7 Å². The van der Waals surface area contributed by atoms with Gasteiger partial charge in [0.25, 0.3) is 0 Å². The first-order valence-electron chi connectivity index (χ1n) is 8.47. The van der Waals surface area contributed by atoms with E-state index in [2.05, 4.69) is 21.1 Å². The first kappa shape index (κ1) is 20.2. The minimum Gasteiger partial charge on any atom is -0.388 e. The number of hydrogen-bond donors (Lipinski definition) is 1. The Hall–Kier alpha value is -1.59. The van der Waals surface area contributed by atoms with Crippen molar-refractivity contribution < 1.29 is 9.63 Å². The van der Waals surface area contributed by atoms with Crippen LogP contribution in [-0.2, 0) is 0 Å². The summed E-state index contributed by atoms with van der Waals surface area (Å²) in [6, 6.07) is 13.2. The predicted molar refractivity (Wildman–Crippen MR) is 114 cm³/mol. The third-order valence-electron chi connectivity index (χ3n) is 4.21. The number of allylic oxidation sites excluding steroid dienone is 1. The molecule has 0 spiro atoms. The summed E-state index contributed by atoms with van der Waals surface area (Å²) in [6.45, 7) is 1.84. The summed E-state index contributed by atoms with van der Waals surface area (Å²) in [5, 5.41) is 15.8. The van der Waals surface area contributed by atoms with Crippen LogP contribution in [-0.4, -0.2) is 10.3 Å². The van der Waals surface area contributed by atoms with Crippen molar-refractivity contribution in [3.8, 4) is 11.3 Å². The molecule has 0 bridgehead atoms. The number of aromatic nitrogens is 1. The van der Waals surface area contributed by atoms with Gasteiger partial charge in [-0.2, -0.15) is 0 Å². The van der Waals surface area contributed by atoms with Crippen molar-refractivity contribution in [2.45, 2.75) is 25.9 Å². The largest absolute Gasteiger partial charge is 0.388 e.